The maximum Gasteiger partial charge on any atom is 0.0851 e. The van der Waals surface area contributed by atoms with Crippen molar-refractivity contribution >= 4 is 5.69 Å². The molecule has 3 heteroatoms. The largest absolute Gasteiger partial charge is 0.383 e. The number of aryl methyl sites for hydroxylation is 1. The molecular formula is C9H14N2O. The van der Waals surface area contributed by atoms with E-state index >= 15 is 0 Å². The first-order valence-electron chi connectivity index (χ1n) is 3.95. The molecule has 0 atom stereocenters. The van der Waals surface area contributed by atoms with Gasteiger partial charge >= 0.3 is 0 Å². The Morgan fingerprint density at radius 2 is 2.00 bits per heavy atom. The van der Waals surface area contributed by atoms with Gasteiger partial charge in [0.25, 0.3) is 0 Å². The highest BCUT2D eigenvalue weighted by molar-refractivity contribution is 5.44. The molecule has 3 nitrogen and oxygen atoms in total. The first kappa shape index (κ1) is 9.03. The van der Waals surface area contributed by atoms with E-state index in [2.05, 4.69) is 29.2 Å². The second-order valence-corrected chi connectivity index (χ2v) is 2.66. The molecule has 1 aromatic carbocycles. The summed E-state index contributed by atoms with van der Waals surface area (Å²) < 4.78 is 0. The highest BCUT2D eigenvalue weighted by Gasteiger charge is 1.89. The molecule has 3 N–H and O–H groups in total. The van der Waals surface area contributed by atoms with Crippen molar-refractivity contribution in [1.82, 2.24) is 0 Å². The van der Waals surface area contributed by atoms with Crippen molar-refractivity contribution in [2.24, 2.45) is 5.90 Å². The zero-order chi connectivity index (χ0) is 8.81. The van der Waals surface area contributed by atoms with Crippen LogP contribution in [0.15, 0.2) is 24.3 Å². The molecule has 0 unspecified atom stereocenters. The maximum atomic E-state index is 4.88. The van der Waals surface area contributed by atoms with Gasteiger partial charge < -0.3 is 10.2 Å². The summed E-state index contributed by atoms with van der Waals surface area (Å²) in [5.41, 5.74) is 2.35. The standard InChI is InChI=1S/C9H14N2O/c1-8-2-4-9(5-3-8)11-6-7-12-10/h2-5,11H,6-7,10H2,1H3. The summed E-state index contributed by atoms with van der Waals surface area (Å²) in [5, 5.41) is 3.17. The lowest BCUT2D eigenvalue weighted by molar-refractivity contribution is 0.148. The van der Waals surface area contributed by atoms with Crippen LogP contribution < -0.4 is 11.2 Å². The molecule has 0 aliphatic carbocycles. The Kier molecular flexibility index (Phi) is 3.57. The molecule has 1 aromatic rings. The quantitative estimate of drug-likeness (QED) is 0.523. The summed E-state index contributed by atoms with van der Waals surface area (Å²) in [6, 6.07) is 8.19. The number of rotatable bonds is 4. The molecule has 0 bridgehead atoms. The van der Waals surface area contributed by atoms with E-state index in [1.54, 1.807) is 0 Å². The average molecular weight is 166 g/mol. The van der Waals surface area contributed by atoms with Crippen molar-refractivity contribution in [3.05, 3.63) is 29.8 Å². The van der Waals surface area contributed by atoms with Gasteiger partial charge in [-0.2, -0.15) is 0 Å². The molecule has 0 aromatic heterocycles. The summed E-state index contributed by atoms with van der Waals surface area (Å²) in [7, 11) is 0. The lowest BCUT2D eigenvalue weighted by Gasteiger charge is -2.04. The summed E-state index contributed by atoms with van der Waals surface area (Å²) in [5.74, 6) is 4.88. The molecule has 0 amide bonds. The van der Waals surface area contributed by atoms with Gasteiger partial charge in [-0.1, -0.05) is 17.7 Å². The first-order chi connectivity index (χ1) is 5.83. The Bertz CT molecular complexity index is 220. The number of hydrogen-bond donors (Lipinski definition) is 2. The predicted molar refractivity (Wildman–Crippen MR) is 49.8 cm³/mol. The topological polar surface area (TPSA) is 47.3 Å². The molecule has 0 saturated heterocycles. The van der Waals surface area contributed by atoms with Gasteiger partial charge in [0.2, 0.25) is 0 Å². The molecule has 0 heterocycles. The molecular weight excluding hydrogens is 152 g/mol. The van der Waals surface area contributed by atoms with Crippen LogP contribution in [0.25, 0.3) is 0 Å². The van der Waals surface area contributed by atoms with Crippen LogP contribution in [0, 0.1) is 6.92 Å². The fraction of sp³-hybridized carbons (Fsp3) is 0.333. The SMILES string of the molecule is Cc1ccc(NCCON)cc1. The van der Waals surface area contributed by atoms with Crippen molar-refractivity contribution in [1.29, 1.82) is 0 Å². The molecule has 0 saturated carbocycles. The fourth-order valence-corrected chi connectivity index (χ4v) is 0.926. The third-order valence-corrected chi connectivity index (χ3v) is 1.60. The van der Waals surface area contributed by atoms with Crippen LogP contribution in [0.1, 0.15) is 5.56 Å². The maximum absolute atomic E-state index is 4.88. The highest BCUT2D eigenvalue weighted by atomic mass is 16.6. The summed E-state index contributed by atoms with van der Waals surface area (Å²) >= 11 is 0. The van der Waals surface area contributed by atoms with E-state index in [0.29, 0.717) is 6.61 Å². The second kappa shape index (κ2) is 4.74. The van der Waals surface area contributed by atoms with Gasteiger partial charge in [0.05, 0.1) is 6.61 Å². The van der Waals surface area contributed by atoms with Crippen molar-refractivity contribution in [3.63, 3.8) is 0 Å². The van der Waals surface area contributed by atoms with Crippen molar-refractivity contribution in [2.45, 2.75) is 6.92 Å². The Balaban J connectivity index is 2.37. The number of benzene rings is 1. The van der Waals surface area contributed by atoms with E-state index in [0.717, 1.165) is 12.2 Å². The Morgan fingerprint density at radius 3 is 2.58 bits per heavy atom. The molecule has 1 rings (SSSR count). The third kappa shape index (κ3) is 2.90. The molecule has 0 aliphatic heterocycles. The average Bonchev–Trinajstić information content (AvgIpc) is 2.09. The highest BCUT2D eigenvalue weighted by Crippen LogP contribution is 2.07. The van der Waals surface area contributed by atoms with Crippen LogP contribution in [0.3, 0.4) is 0 Å². The lowest BCUT2D eigenvalue weighted by Crippen LogP contribution is -2.12. The van der Waals surface area contributed by atoms with E-state index in [4.69, 9.17) is 5.90 Å². The monoisotopic (exact) mass is 166 g/mol. The van der Waals surface area contributed by atoms with Crippen LogP contribution in [0.2, 0.25) is 0 Å². The van der Waals surface area contributed by atoms with Crippen molar-refractivity contribution in [2.75, 3.05) is 18.5 Å². The minimum atomic E-state index is 0.522. The van der Waals surface area contributed by atoms with Crippen molar-refractivity contribution < 1.29 is 4.84 Å². The zero-order valence-electron chi connectivity index (χ0n) is 7.21. The number of nitrogens with one attached hydrogen (secondary N) is 1. The van der Waals surface area contributed by atoms with Crippen LogP contribution in [0.4, 0.5) is 5.69 Å². The zero-order valence-corrected chi connectivity index (χ0v) is 7.21. The molecule has 12 heavy (non-hydrogen) atoms. The molecule has 0 aliphatic rings. The smallest absolute Gasteiger partial charge is 0.0851 e. The predicted octanol–water partition coefficient (Wildman–Crippen LogP) is 1.30. The van der Waals surface area contributed by atoms with Gasteiger partial charge in [0, 0.05) is 12.2 Å². The van der Waals surface area contributed by atoms with Gasteiger partial charge in [-0.05, 0) is 19.1 Å². The molecule has 0 fully saturated rings. The molecule has 66 valence electrons. The summed E-state index contributed by atoms with van der Waals surface area (Å²) in [6.07, 6.45) is 0. The summed E-state index contributed by atoms with van der Waals surface area (Å²) in [4.78, 5) is 4.42. The van der Waals surface area contributed by atoms with E-state index in [1.807, 2.05) is 12.1 Å². The van der Waals surface area contributed by atoms with Gasteiger partial charge in [-0.3, -0.25) is 0 Å². The van der Waals surface area contributed by atoms with E-state index in [9.17, 15) is 0 Å². The van der Waals surface area contributed by atoms with Crippen LogP contribution in [0.5, 0.6) is 0 Å². The third-order valence-electron chi connectivity index (χ3n) is 1.60. The minimum absolute atomic E-state index is 0.522. The van der Waals surface area contributed by atoms with Crippen LogP contribution in [-0.2, 0) is 4.84 Å². The number of anilines is 1. The second-order valence-electron chi connectivity index (χ2n) is 2.66. The van der Waals surface area contributed by atoms with Crippen LogP contribution >= 0.6 is 0 Å². The van der Waals surface area contributed by atoms with Gasteiger partial charge in [-0.25, -0.2) is 5.90 Å². The molecule has 0 radical (unpaired) electrons. The Hall–Kier alpha value is -1.06. The number of hydrogen-bond acceptors (Lipinski definition) is 3. The summed E-state index contributed by atoms with van der Waals surface area (Å²) in [6.45, 7) is 3.32. The number of nitrogens with two attached hydrogens (primary N) is 1. The normalized spacial score (nSPS) is 9.83. The van der Waals surface area contributed by atoms with Gasteiger partial charge in [0.15, 0.2) is 0 Å². The van der Waals surface area contributed by atoms with E-state index in [1.165, 1.54) is 5.56 Å². The van der Waals surface area contributed by atoms with Gasteiger partial charge in [0.1, 0.15) is 0 Å². The van der Waals surface area contributed by atoms with E-state index in [-0.39, 0.29) is 0 Å². The fourth-order valence-electron chi connectivity index (χ4n) is 0.926. The van der Waals surface area contributed by atoms with Crippen molar-refractivity contribution in [3.8, 4) is 0 Å². The Morgan fingerprint density at radius 1 is 1.33 bits per heavy atom. The van der Waals surface area contributed by atoms with Crippen LogP contribution in [-0.4, -0.2) is 13.2 Å². The molecule has 0 spiro atoms. The Labute approximate surface area is 72.5 Å². The van der Waals surface area contributed by atoms with E-state index < -0.39 is 0 Å². The first-order valence-corrected chi connectivity index (χ1v) is 3.95. The lowest BCUT2D eigenvalue weighted by atomic mass is 10.2. The van der Waals surface area contributed by atoms with Gasteiger partial charge in [-0.15, -0.1) is 0 Å². The minimum Gasteiger partial charge on any atom is -0.383 e.